The number of anilines is 1. The Balaban J connectivity index is 2.62. The average Bonchev–Trinajstić information content (AvgIpc) is 2.58. The van der Waals surface area contributed by atoms with Crippen molar-refractivity contribution in [2.75, 3.05) is 5.73 Å². The number of nitrogen functional groups attached to an aromatic ring is 1. The molecule has 1 aromatic carbocycles. The van der Waals surface area contributed by atoms with Gasteiger partial charge in [0.05, 0.1) is 10.6 Å². The lowest BCUT2D eigenvalue weighted by Crippen LogP contribution is -1.87. The summed E-state index contributed by atoms with van der Waals surface area (Å²) in [7, 11) is 0. The second-order valence-corrected chi connectivity index (χ2v) is 3.27. The molecule has 0 saturated heterocycles. The SMILES string of the molecule is Nc1cc(-c2cc(F)cc(Cl)c2F)on1. The minimum Gasteiger partial charge on any atom is -0.381 e. The summed E-state index contributed by atoms with van der Waals surface area (Å²) in [4.78, 5) is 0. The predicted octanol–water partition coefficient (Wildman–Crippen LogP) is 2.86. The summed E-state index contributed by atoms with van der Waals surface area (Å²) in [6.07, 6.45) is 0. The normalized spacial score (nSPS) is 10.6. The predicted molar refractivity (Wildman–Crippen MR) is 51.3 cm³/mol. The zero-order valence-corrected chi connectivity index (χ0v) is 8.05. The first-order chi connectivity index (χ1) is 7.08. The molecule has 0 aliphatic carbocycles. The van der Waals surface area contributed by atoms with Crippen molar-refractivity contribution >= 4 is 17.4 Å². The van der Waals surface area contributed by atoms with Gasteiger partial charge in [0.25, 0.3) is 0 Å². The smallest absolute Gasteiger partial charge is 0.172 e. The summed E-state index contributed by atoms with van der Waals surface area (Å²) >= 11 is 5.47. The fourth-order valence-corrected chi connectivity index (χ4v) is 1.36. The van der Waals surface area contributed by atoms with Crippen LogP contribution in [0.2, 0.25) is 5.02 Å². The van der Waals surface area contributed by atoms with Crippen molar-refractivity contribution in [1.29, 1.82) is 0 Å². The molecule has 0 unspecified atom stereocenters. The molecule has 0 amide bonds. The van der Waals surface area contributed by atoms with Crippen molar-refractivity contribution in [2.24, 2.45) is 0 Å². The van der Waals surface area contributed by atoms with Crippen LogP contribution in [0.3, 0.4) is 0 Å². The Morgan fingerprint density at radius 3 is 2.60 bits per heavy atom. The third kappa shape index (κ3) is 1.78. The molecule has 1 heterocycles. The summed E-state index contributed by atoms with van der Waals surface area (Å²) in [5.74, 6) is -1.31. The second kappa shape index (κ2) is 3.51. The third-order valence-electron chi connectivity index (χ3n) is 1.79. The topological polar surface area (TPSA) is 52.0 Å². The van der Waals surface area contributed by atoms with Gasteiger partial charge in [-0.2, -0.15) is 0 Å². The molecule has 0 atom stereocenters. The number of hydrogen-bond acceptors (Lipinski definition) is 3. The van der Waals surface area contributed by atoms with Gasteiger partial charge in [-0.1, -0.05) is 16.8 Å². The van der Waals surface area contributed by atoms with Crippen LogP contribution in [-0.2, 0) is 0 Å². The van der Waals surface area contributed by atoms with E-state index in [1.807, 2.05) is 0 Å². The number of rotatable bonds is 1. The highest BCUT2D eigenvalue weighted by atomic mass is 35.5. The monoisotopic (exact) mass is 230 g/mol. The molecule has 0 fully saturated rings. The maximum atomic E-state index is 13.4. The minimum absolute atomic E-state index is 0.0337. The van der Waals surface area contributed by atoms with Crippen LogP contribution in [0.5, 0.6) is 0 Å². The number of nitrogens with zero attached hydrogens (tertiary/aromatic N) is 1. The van der Waals surface area contributed by atoms with Crippen molar-refractivity contribution in [3.63, 3.8) is 0 Å². The number of nitrogens with two attached hydrogens (primary N) is 1. The van der Waals surface area contributed by atoms with Crippen molar-refractivity contribution in [3.05, 3.63) is 34.9 Å². The lowest BCUT2D eigenvalue weighted by Gasteiger charge is -2.00. The van der Waals surface area contributed by atoms with Crippen molar-refractivity contribution in [2.45, 2.75) is 0 Å². The number of halogens is 3. The molecule has 0 aliphatic heterocycles. The second-order valence-electron chi connectivity index (χ2n) is 2.87. The zero-order valence-electron chi connectivity index (χ0n) is 7.30. The quantitative estimate of drug-likeness (QED) is 0.767. The first-order valence-corrected chi connectivity index (χ1v) is 4.33. The molecule has 0 saturated carbocycles. The summed E-state index contributed by atoms with van der Waals surface area (Å²) < 4.78 is 31.1. The highest BCUT2D eigenvalue weighted by Gasteiger charge is 2.15. The lowest BCUT2D eigenvalue weighted by atomic mass is 10.1. The zero-order chi connectivity index (χ0) is 11.0. The van der Waals surface area contributed by atoms with Crippen LogP contribution in [0.1, 0.15) is 0 Å². The van der Waals surface area contributed by atoms with Gasteiger partial charge in [-0.25, -0.2) is 8.78 Å². The first-order valence-electron chi connectivity index (χ1n) is 3.95. The van der Waals surface area contributed by atoms with Gasteiger partial charge < -0.3 is 10.3 Å². The molecule has 1 aromatic heterocycles. The highest BCUT2D eigenvalue weighted by molar-refractivity contribution is 6.31. The fraction of sp³-hybridized carbons (Fsp3) is 0. The molecule has 0 spiro atoms. The maximum Gasteiger partial charge on any atom is 0.172 e. The van der Waals surface area contributed by atoms with Gasteiger partial charge in [0, 0.05) is 6.07 Å². The molecular formula is C9H5ClF2N2O. The van der Waals surface area contributed by atoms with Crippen LogP contribution >= 0.6 is 11.6 Å². The van der Waals surface area contributed by atoms with Crippen LogP contribution in [0.4, 0.5) is 14.6 Å². The number of hydrogen-bond donors (Lipinski definition) is 1. The Labute approximate surface area is 88.4 Å². The Kier molecular flexibility index (Phi) is 2.32. The van der Waals surface area contributed by atoms with Crippen LogP contribution in [0.25, 0.3) is 11.3 Å². The van der Waals surface area contributed by atoms with E-state index in [9.17, 15) is 8.78 Å². The van der Waals surface area contributed by atoms with Gasteiger partial charge in [0.2, 0.25) is 0 Å². The molecule has 0 aliphatic rings. The van der Waals surface area contributed by atoms with Crippen LogP contribution in [0, 0.1) is 11.6 Å². The summed E-state index contributed by atoms with van der Waals surface area (Å²) in [6.45, 7) is 0. The molecule has 6 heteroatoms. The van der Waals surface area contributed by atoms with E-state index in [0.29, 0.717) is 0 Å². The highest BCUT2D eigenvalue weighted by Crippen LogP contribution is 2.29. The Morgan fingerprint density at radius 1 is 1.27 bits per heavy atom. The summed E-state index contributed by atoms with van der Waals surface area (Å²) in [5.41, 5.74) is 5.18. The largest absolute Gasteiger partial charge is 0.381 e. The molecule has 15 heavy (non-hydrogen) atoms. The molecule has 0 bridgehead atoms. The summed E-state index contributed by atoms with van der Waals surface area (Å²) in [5, 5.41) is 3.04. The van der Waals surface area contributed by atoms with Gasteiger partial charge in [-0.15, -0.1) is 0 Å². The average molecular weight is 231 g/mol. The van der Waals surface area contributed by atoms with E-state index in [1.165, 1.54) is 6.07 Å². The van der Waals surface area contributed by atoms with E-state index in [1.54, 1.807) is 0 Å². The molecule has 3 nitrogen and oxygen atoms in total. The van der Waals surface area contributed by atoms with Crippen LogP contribution < -0.4 is 5.73 Å². The van der Waals surface area contributed by atoms with Crippen LogP contribution in [-0.4, -0.2) is 5.16 Å². The number of aromatic nitrogens is 1. The van der Waals surface area contributed by atoms with E-state index in [2.05, 4.69) is 5.16 Å². The van der Waals surface area contributed by atoms with Gasteiger partial charge in [0.1, 0.15) is 5.82 Å². The van der Waals surface area contributed by atoms with E-state index >= 15 is 0 Å². The van der Waals surface area contributed by atoms with E-state index in [-0.39, 0.29) is 22.2 Å². The molecular weight excluding hydrogens is 226 g/mol. The minimum atomic E-state index is -0.769. The number of benzene rings is 1. The Hall–Kier alpha value is -1.62. The van der Waals surface area contributed by atoms with E-state index in [0.717, 1.165) is 12.1 Å². The maximum absolute atomic E-state index is 13.4. The Bertz CT molecular complexity index is 513. The van der Waals surface area contributed by atoms with E-state index < -0.39 is 11.6 Å². The van der Waals surface area contributed by atoms with Crippen LogP contribution in [0.15, 0.2) is 22.7 Å². The van der Waals surface area contributed by atoms with Crippen molar-refractivity contribution < 1.29 is 13.3 Å². The van der Waals surface area contributed by atoms with Gasteiger partial charge in [0.15, 0.2) is 17.4 Å². The third-order valence-corrected chi connectivity index (χ3v) is 2.06. The molecule has 2 N–H and O–H groups in total. The molecule has 0 radical (unpaired) electrons. The molecule has 2 rings (SSSR count). The standard InChI is InChI=1S/C9H5ClF2N2O/c10-6-2-4(11)1-5(9(6)12)7-3-8(13)14-15-7/h1-3H,(H2,13,14). The van der Waals surface area contributed by atoms with Crippen molar-refractivity contribution in [3.8, 4) is 11.3 Å². The fourth-order valence-electron chi connectivity index (χ4n) is 1.15. The summed E-state index contributed by atoms with van der Waals surface area (Å²) in [6, 6.07) is 3.12. The van der Waals surface area contributed by atoms with Gasteiger partial charge >= 0.3 is 0 Å². The van der Waals surface area contributed by atoms with Gasteiger partial charge in [-0.05, 0) is 12.1 Å². The van der Waals surface area contributed by atoms with Crippen molar-refractivity contribution in [1.82, 2.24) is 5.16 Å². The Morgan fingerprint density at radius 2 is 2.00 bits per heavy atom. The van der Waals surface area contributed by atoms with E-state index in [4.69, 9.17) is 21.9 Å². The lowest BCUT2D eigenvalue weighted by molar-refractivity contribution is 0.433. The molecule has 78 valence electrons. The molecule has 2 aromatic rings. The first kappa shape index (κ1) is 9.92. The van der Waals surface area contributed by atoms with Gasteiger partial charge in [-0.3, -0.25) is 0 Å².